The van der Waals surface area contributed by atoms with Crippen molar-refractivity contribution in [2.45, 2.75) is 55.9 Å². The van der Waals surface area contributed by atoms with Gasteiger partial charge in [0.05, 0.1) is 12.4 Å². The molecule has 0 radical (unpaired) electrons. The SMILES string of the molecule is Nc1ncnc2c1ncn2C1O[C@H](C[C@H](N)CCC(N)C(=O)O)[C@@H](O)[C@H]1O. The molecule has 0 spiro atoms. The molecule has 2 unspecified atom stereocenters. The Balaban J connectivity index is 1.68. The number of imidazole rings is 1. The van der Waals surface area contributed by atoms with Crippen molar-refractivity contribution in [3.05, 3.63) is 12.7 Å². The van der Waals surface area contributed by atoms with Gasteiger partial charge in [-0.05, 0) is 19.3 Å². The minimum absolute atomic E-state index is 0.195. The lowest BCUT2D eigenvalue weighted by Gasteiger charge is -2.20. The molecule has 12 heteroatoms. The van der Waals surface area contributed by atoms with Crippen LogP contribution >= 0.6 is 0 Å². The van der Waals surface area contributed by atoms with Gasteiger partial charge < -0.3 is 37.3 Å². The summed E-state index contributed by atoms with van der Waals surface area (Å²) in [7, 11) is 0. The van der Waals surface area contributed by atoms with Gasteiger partial charge in [-0.25, -0.2) is 15.0 Å². The van der Waals surface area contributed by atoms with Gasteiger partial charge in [0.15, 0.2) is 17.7 Å². The molecule has 0 saturated carbocycles. The van der Waals surface area contributed by atoms with Crippen LogP contribution in [0.5, 0.6) is 0 Å². The fraction of sp³-hybridized carbons (Fsp3) is 0.600. The number of carbonyl (C=O) groups is 1. The lowest BCUT2D eigenvalue weighted by molar-refractivity contribution is -0.138. The quantitative estimate of drug-likeness (QED) is 0.307. The number of hydrogen-bond acceptors (Lipinski definition) is 10. The summed E-state index contributed by atoms with van der Waals surface area (Å²) in [5.41, 5.74) is 18.0. The van der Waals surface area contributed by atoms with E-state index in [0.29, 0.717) is 17.6 Å². The first-order chi connectivity index (χ1) is 12.8. The van der Waals surface area contributed by atoms with Gasteiger partial charge in [-0.3, -0.25) is 9.36 Å². The molecule has 3 heterocycles. The highest BCUT2D eigenvalue weighted by atomic mass is 16.6. The number of hydrogen-bond donors (Lipinski definition) is 6. The number of rotatable bonds is 7. The summed E-state index contributed by atoms with van der Waals surface area (Å²) in [6.45, 7) is 0. The zero-order valence-corrected chi connectivity index (χ0v) is 14.4. The molecule has 1 aliphatic rings. The number of anilines is 1. The number of ether oxygens (including phenoxy) is 1. The molecular weight excluding hydrogens is 358 g/mol. The van der Waals surface area contributed by atoms with Crippen LogP contribution < -0.4 is 17.2 Å². The van der Waals surface area contributed by atoms with Crippen molar-refractivity contribution in [1.82, 2.24) is 19.5 Å². The third kappa shape index (κ3) is 3.84. The number of nitrogen functional groups attached to an aromatic ring is 1. The molecule has 9 N–H and O–H groups in total. The van der Waals surface area contributed by atoms with Gasteiger partial charge >= 0.3 is 5.97 Å². The van der Waals surface area contributed by atoms with E-state index in [4.69, 9.17) is 27.0 Å². The molecule has 0 amide bonds. The van der Waals surface area contributed by atoms with Gasteiger partial charge in [-0.1, -0.05) is 0 Å². The summed E-state index contributed by atoms with van der Waals surface area (Å²) in [5, 5.41) is 29.5. The van der Waals surface area contributed by atoms with Crippen molar-refractivity contribution < 1.29 is 24.9 Å². The second-order valence-corrected chi connectivity index (χ2v) is 6.65. The highest BCUT2D eigenvalue weighted by Gasteiger charge is 2.44. The molecule has 2 aromatic rings. The molecule has 0 bridgehead atoms. The summed E-state index contributed by atoms with van der Waals surface area (Å²) >= 11 is 0. The Bertz CT molecular complexity index is 815. The summed E-state index contributed by atoms with van der Waals surface area (Å²) in [6.07, 6.45) is -0.604. The van der Waals surface area contributed by atoms with Gasteiger partial charge in [0.1, 0.15) is 30.1 Å². The number of aliphatic hydroxyl groups is 2. The summed E-state index contributed by atoms with van der Waals surface area (Å²) in [5.74, 6) is -0.900. The van der Waals surface area contributed by atoms with Crippen molar-refractivity contribution in [1.29, 1.82) is 0 Å². The maximum Gasteiger partial charge on any atom is 0.320 e. The second-order valence-electron chi connectivity index (χ2n) is 6.65. The number of aromatic nitrogens is 4. The Kier molecular flexibility index (Phi) is 5.53. The van der Waals surface area contributed by atoms with E-state index in [1.807, 2.05) is 0 Å². The smallest absolute Gasteiger partial charge is 0.320 e. The standard InChI is InChI=1S/C15H23N7O5/c16-6(1-2-7(17)15(25)26)3-8-10(23)11(24)14(27-8)22-5-21-9-12(18)19-4-20-13(9)22/h4-8,10-11,14,23-24H,1-3,16-17H2,(H,25,26)(H2,18,19,20)/t6-,7?,8-,10-,11-,14?/m1/s1. The number of nitrogens with zero attached hydrogens (tertiary/aromatic N) is 4. The second kappa shape index (κ2) is 7.70. The fourth-order valence-electron chi connectivity index (χ4n) is 3.14. The number of fused-ring (bicyclic) bond motifs is 1. The van der Waals surface area contributed by atoms with E-state index in [2.05, 4.69) is 15.0 Å². The van der Waals surface area contributed by atoms with Gasteiger partial charge in [0.25, 0.3) is 0 Å². The first-order valence-corrected chi connectivity index (χ1v) is 8.48. The average Bonchev–Trinajstić information content (AvgIpc) is 3.17. The fourth-order valence-corrected chi connectivity index (χ4v) is 3.14. The van der Waals surface area contributed by atoms with E-state index in [0.717, 1.165) is 0 Å². The van der Waals surface area contributed by atoms with Crippen LogP contribution in [-0.4, -0.2) is 71.2 Å². The highest BCUT2D eigenvalue weighted by Crippen LogP contribution is 2.33. The molecule has 6 atom stereocenters. The molecular formula is C15H23N7O5. The molecule has 1 fully saturated rings. The van der Waals surface area contributed by atoms with E-state index in [1.54, 1.807) is 0 Å². The maximum atomic E-state index is 10.8. The molecule has 1 aliphatic heterocycles. The predicted molar refractivity (Wildman–Crippen MR) is 93.1 cm³/mol. The zero-order valence-electron chi connectivity index (χ0n) is 14.4. The Labute approximate surface area is 154 Å². The molecule has 2 aromatic heterocycles. The van der Waals surface area contributed by atoms with Crippen LogP contribution in [0.3, 0.4) is 0 Å². The number of carboxylic acids is 1. The number of carboxylic acid groups (broad SMARTS) is 1. The van der Waals surface area contributed by atoms with Crippen LogP contribution in [0.15, 0.2) is 12.7 Å². The van der Waals surface area contributed by atoms with Crippen LogP contribution in [-0.2, 0) is 9.53 Å². The van der Waals surface area contributed by atoms with Gasteiger partial charge in [-0.2, -0.15) is 0 Å². The lowest BCUT2D eigenvalue weighted by Crippen LogP contribution is -2.37. The lowest BCUT2D eigenvalue weighted by atomic mass is 9.98. The van der Waals surface area contributed by atoms with E-state index < -0.39 is 42.6 Å². The number of nitrogens with two attached hydrogens (primary N) is 3. The highest BCUT2D eigenvalue weighted by molar-refractivity contribution is 5.81. The van der Waals surface area contributed by atoms with Crippen LogP contribution in [0.25, 0.3) is 11.2 Å². The van der Waals surface area contributed by atoms with Crippen molar-refractivity contribution in [2.75, 3.05) is 5.73 Å². The summed E-state index contributed by atoms with van der Waals surface area (Å²) < 4.78 is 7.28. The Morgan fingerprint density at radius 3 is 2.67 bits per heavy atom. The van der Waals surface area contributed by atoms with Gasteiger partial charge in [0.2, 0.25) is 0 Å². The topological polar surface area (TPSA) is 209 Å². The van der Waals surface area contributed by atoms with Crippen LogP contribution in [0.2, 0.25) is 0 Å². The van der Waals surface area contributed by atoms with E-state index in [1.165, 1.54) is 17.2 Å². The van der Waals surface area contributed by atoms with E-state index in [9.17, 15) is 15.0 Å². The average molecular weight is 381 g/mol. The minimum Gasteiger partial charge on any atom is -0.480 e. The molecule has 27 heavy (non-hydrogen) atoms. The normalized spacial score (nSPS) is 27.7. The molecule has 0 aromatic carbocycles. The summed E-state index contributed by atoms with van der Waals surface area (Å²) in [6, 6.07) is -1.44. The molecule has 3 rings (SSSR count). The number of aliphatic carboxylic acids is 1. The minimum atomic E-state index is -1.22. The van der Waals surface area contributed by atoms with E-state index >= 15 is 0 Å². The summed E-state index contributed by atoms with van der Waals surface area (Å²) in [4.78, 5) is 22.8. The molecule has 12 nitrogen and oxygen atoms in total. The Hall–Kier alpha value is -2.38. The maximum absolute atomic E-state index is 10.8. The Morgan fingerprint density at radius 1 is 1.22 bits per heavy atom. The van der Waals surface area contributed by atoms with Crippen molar-refractivity contribution >= 4 is 23.0 Å². The van der Waals surface area contributed by atoms with Crippen LogP contribution in [0, 0.1) is 0 Å². The monoisotopic (exact) mass is 381 g/mol. The zero-order chi connectivity index (χ0) is 19.7. The molecule has 1 saturated heterocycles. The largest absolute Gasteiger partial charge is 0.480 e. The van der Waals surface area contributed by atoms with Crippen molar-refractivity contribution in [2.24, 2.45) is 11.5 Å². The van der Waals surface area contributed by atoms with Crippen molar-refractivity contribution in [3.8, 4) is 0 Å². The van der Waals surface area contributed by atoms with Gasteiger partial charge in [-0.15, -0.1) is 0 Å². The van der Waals surface area contributed by atoms with Crippen LogP contribution in [0.4, 0.5) is 5.82 Å². The molecule has 0 aliphatic carbocycles. The van der Waals surface area contributed by atoms with E-state index in [-0.39, 0.29) is 18.7 Å². The van der Waals surface area contributed by atoms with Crippen molar-refractivity contribution in [3.63, 3.8) is 0 Å². The molecule has 148 valence electrons. The Morgan fingerprint density at radius 2 is 1.96 bits per heavy atom. The predicted octanol–water partition coefficient (Wildman–Crippen LogP) is -2.06. The van der Waals surface area contributed by atoms with Crippen LogP contribution in [0.1, 0.15) is 25.5 Å². The third-order valence-electron chi connectivity index (χ3n) is 4.70. The first-order valence-electron chi connectivity index (χ1n) is 8.48. The third-order valence-corrected chi connectivity index (χ3v) is 4.70. The first kappa shape index (κ1) is 19.4. The number of aliphatic hydroxyl groups excluding tert-OH is 2. The van der Waals surface area contributed by atoms with Gasteiger partial charge in [0, 0.05) is 6.04 Å².